The maximum Gasteiger partial charge on any atom is 0.287 e. The van der Waals surface area contributed by atoms with Crippen LogP contribution in [0.3, 0.4) is 0 Å². The Balaban J connectivity index is 4.92. The summed E-state index contributed by atoms with van der Waals surface area (Å²) in [5.74, 6) is -1.28. The average Bonchev–Trinajstić information content (AvgIpc) is 2.67. The smallest absolute Gasteiger partial charge is 0.287 e. The van der Waals surface area contributed by atoms with Crippen LogP contribution in [0.5, 0.6) is 0 Å². The van der Waals surface area contributed by atoms with Gasteiger partial charge in [0.15, 0.2) is 0 Å². The second-order valence-corrected chi connectivity index (χ2v) is 6.62. The highest BCUT2D eigenvalue weighted by Crippen LogP contribution is 2.30. The van der Waals surface area contributed by atoms with Crippen molar-refractivity contribution >= 4 is 0 Å². The molecule has 0 aromatic carbocycles. The van der Waals surface area contributed by atoms with Crippen LogP contribution in [0.1, 0.15) is 51.9 Å². The third kappa shape index (κ3) is 12.7. The van der Waals surface area contributed by atoms with Crippen molar-refractivity contribution in [1.29, 1.82) is 0 Å². The summed E-state index contributed by atoms with van der Waals surface area (Å²) in [5, 5.41) is 0. The Morgan fingerprint density at radius 3 is 1.52 bits per heavy atom. The van der Waals surface area contributed by atoms with E-state index in [1.807, 2.05) is 0 Å². The van der Waals surface area contributed by atoms with Gasteiger partial charge in [0.2, 0.25) is 0 Å². The van der Waals surface area contributed by atoms with Crippen LogP contribution in [0.25, 0.3) is 0 Å². The van der Waals surface area contributed by atoms with Gasteiger partial charge in [0.1, 0.15) is 0 Å². The zero-order valence-electron chi connectivity index (χ0n) is 18.0. The molecule has 0 amide bonds. The quantitative estimate of drug-likeness (QED) is 0.237. The van der Waals surface area contributed by atoms with Gasteiger partial charge >= 0.3 is 0 Å². The van der Waals surface area contributed by atoms with E-state index in [1.54, 1.807) is 21.3 Å². The molecule has 7 nitrogen and oxygen atoms in total. The molecule has 27 heavy (non-hydrogen) atoms. The molecule has 0 fully saturated rings. The van der Waals surface area contributed by atoms with Gasteiger partial charge in [0, 0.05) is 27.9 Å². The third-order valence-corrected chi connectivity index (χ3v) is 4.46. The summed E-state index contributed by atoms with van der Waals surface area (Å²) < 4.78 is 33.5. The highest BCUT2D eigenvalue weighted by Gasteiger charge is 2.42. The van der Waals surface area contributed by atoms with E-state index in [-0.39, 0.29) is 5.92 Å². The first-order valence-corrected chi connectivity index (χ1v) is 10.3. The molecule has 0 bridgehead atoms. The van der Waals surface area contributed by atoms with E-state index in [2.05, 4.69) is 6.92 Å². The zero-order chi connectivity index (χ0) is 20.2. The molecule has 0 rings (SSSR count). The summed E-state index contributed by atoms with van der Waals surface area (Å²) in [6.07, 6.45) is 8.22. The minimum atomic E-state index is -1.20. The molecule has 0 heterocycles. The van der Waals surface area contributed by atoms with Gasteiger partial charge < -0.3 is 34.2 Å². The van der Waals surface area contributed by atoms with E-state index >= 15 is 0 Å². The van der Waals surface area contributed by atoms with E-state index in [0.717, 1.165) is 12.8 Å². The number of nitrogens with two attached hydrogens (primary N) is 1. The first-order valence-electron chi connectivity index (χ1n) is 10.3. The molecule has 0 aliphatic rings. The van der Waals surface area contributed by atoms with E-state index in [4.69, 9.17) is 34.2 Å². The summed E-state index contributed by atoms with van der Waals surface area (Å²) in [6, 6.07) is 0. The number of methoxy groups -OCH3 is 3. The van der Waals surface area contributed by atoms with E-state index in [0.29, 0.717) is 46.2 Å². The Kier molecular flexibility index (Phi) is 18.9. The topological polar surface area (TPSA) is 81.4 Å². The summed E-state index contributed by atoms with van der Waals surface area (Å²) in [4.78, 5) is 0. The molecular weight excluding hydrogens is 350 g/mol. The van der Waals surface area contributed by atoms with Crippen molar-refractivity contribution in [1.82, 2.24) is 0 Å². The van der Waals surface area contributed by atoms with E-state index < -0.39 is 5.97 Å². The summed E-state index contributed by atoms with van der Waals surface area (Å²) in [7, 11) is 4.91. The number of rotatable bonds is 21. The van der Waals surface area contributed by atoms with Crippen LogP contribution >= 0.6 is 0 Å². The molecule has 1 unspecified atom stereocenters. The molecule has 2 N–H and O–H groups in total. The van der Waals surface area contributed by atoms with Crippen LogP contribution in [-0.4, -0.2) is 73.5 Å². The van der Waals surface area contributed by atoms with Crippen LogP contribution < -0.4 is 5.73 Å². The lowest BCUT2D eigenvalue weighted by Gasteiger charge is -2.39. The Morgan fingerprint density at radius 1 is 0.667 bits per heavy atom. The van der Waals surface area contributed by atoms with Crippen molar-refractivity contribution in [3.63, 3.8) is 0 Å². The van der Waals surface area contributed by atoms with Crippen molar-refractivity contribution in [2.45, 2.75) is 57.8 Å². The second kappa shape index (κ2) is 19.1. The Bertz CT molecular complexity index is 280. The minimum absolute atomic E-state index is 0.0748. The lowest BCUT2D eigenvalue weighted by Crippen LogP contribution is -2.51. The summed E-state index contributed by atoms with van der Waals surface area (Å²) in [5.41, 5.74) is 6.10. The Labute approximate surface area is 166 Å². The van der Waals surface area contributed by atoms with Crippen LogP contribution in [0, 0.1) is 5.92 Å². The van der Waals surface area contributed by atoms with Crippen molar-refractivity contribution < 1.29 is 28.4 Å². The third-order valence-electron chi connectivity index (χ3n) is 4.46. The van der Waals surface area contributed by atoms with Crippen LogP contribution in [0.2, 0.25) is 0 Å². The van der Waals surface area contributed by atoms with Gasteiger partial charge in [-0.1, -0.05) is 45.4 Å². The van der Waals surface area contributed by atoms with Crippen LogP contribution in [0.15, 0.2) is 0 Å². The molecule has 0 saturated heterocycles. The number of hydrogen-bond donors (Lipinski definition) is 1. The summed E-state index contributed by atoms with van der Waals surface area (Å²) in [6.45, 7) is 5.11. The Hall–Kier alpha value is -0.280. The minimum Gasteiger partial charge on any atom is -0.382 e. The van der Waals surface area contributed by atoms with Crippen molar-refractivity contribution in [2.24, 2.45) is 11.7 Å². The molecule has 0 aromatic rings. The molecule has 164 valence electrons. The second-order valence-electron chi connectivity index (χ2n) is 6.62. The van der Waals surface area contributed by atoms with Crippen LogP contribution in [-0.2, 0) is 28.4 Å². The van der Waals surface area contributed by atoms with Gasteiger partial charge in [0.25, 0.3) is 5.97 Å². The van der Waals surface area contributed by atoms with Gasteiger partial charge in [-0.05, 0) is 6.42 Å². The van der Waals surface area contributed by atoms with Gasteiger partial charge in [-0.2, -0.15) is 0 Å². The summed E-state index contributed by atoms with van der Waals surface area (Å²) >= 11 is 0. The lowest BCUT2D eigenvalue weighted by molar-refractivity contribution is -0.408. The van der Waals surface area contributed by atoms with Gasteiger partial charge in [-0.25, -0.2) is 0 Å². The van der Waals surface area contributed by atoms with Gasteiger partial charge in [-0.15, -0.1) is 0 Å². The predicted octanol–water partition coefficient (Wildman–Crippen LogP) is 2.95. The molecule has 0 spiro atoms. The average molecular weight is 394 g/mol. The molecule has 0 saturated carbocycles. The monoisotopic (exact) mass is 393 g/mol. The normalized spacial score (nSPS) is 13.2. The first-order chi connectivity index (χ1) is 13.2. The highest BCUT2D eigenvalue weighted by atomic mass is 16.9. The molecule has 0 aromatic heterocycles. The molecule has 0 aliphatic heterocycles. The Morgan fingerprint density at radius 2 is 1.11 bits per heavy atom. The fourth-order valence-electron chi connectivity index (χ4n) is 2.89. The maximum absolute atomic E-state index is 6.10. The van der Waals surface area contributed by atoms with E-state index in [1.165, 1.54) is 32.1 Å². The number of unbranched alkanes of at least 4 members (excludes halogenated alkanes) is 5. The fraction of sp³-hybridized carbons (Fsp3) is 1.00. The molecule has 0 aliphatic carbocycles. The van der Waals surface area contributed by atoms with Crippen molar-refractivity contribution in [3.05, 3.63) is 0 Å². The van der Waals surface area contributed by atoms with Crippen molar-refractivity contribution in [3.8, 4) is 0 Å². The molecule has 1 atom stereocenters. The lowest BCUT2D eigenvalue weighted by atomic mass is 9.97. The maximum atomic E-state index is 6.10. The standard InChI is InChI=1S/C20H43NO6/c1-5-6-7-8-9-10-11-19(18-21)20(25-15-12-22-2,26-16-13-23-3)27-17-14-24-4/h19H,5-18,21H2,1-4H3. The number of ether oxygens (including phenoxy) is 6. The first kappa shape index (κ1) is 26.7. The zero-order valence-corrected chi connectivity index (χ0v) is 18.0. The van der Waals surface area contributed by atoms with E-state index in [9.17, 15) is 0 Å². The van der Waals surface area contributed by atoms with Gasteiger partial charge in [-0.3, -0.25) is 0 Å². The van der Waals surface area contributed by atoms with Crippen molar-refractivity contribution in [2.75, 3.05) is 67.5 Å². The predicted molar refractivity (Wildman–Crippen MR) is 107 cm³/mol. The fourth-order valence-corrected chi connectivity index (χ4v) is 2.89. The molecule has 7 heteroatoms. The molecule has 0 radical (unpaired) electrons. The van der Waals surface area contributed by atoms with Gasteiger partial charge in [0.05, 0.1) is 45.6 Å². The largest absolute Gasteiger partial charge is 0.382 e. The highest BCUT2D eigenvalue weighted by molar-refractivity contribution is 4.74. The molecular formula is C20H43NO6. The van der Waals surface area contributed by atoms with Crippen LogP contribution in [0.4, 0.5) is 0 Å². The number of hydrogen-bond acceptors (Lipinski definition) is 7. The SMILES string of the molecule is CCCCCCCCC(CN)C(OCCOC)(OCCOC)OCCOC.